The molecule has 1 aromatic heterocycles. The molecule has 1 aliphatic heterocycles. The van der Waals surface area contributed by atoms with Gasteiger partial charge >= 0.3 is 0 Å². The normalized spacial score (nSPS) is 20.4. The minimum atomic E-state index is -3.40. The van der Waals surface area contributed by atoms with Gasteiger partial charge in [0.15, 0.2) is 0 Å². The number of nitrogens with zero attached hydrogens (tertiary/aromatic N) is 4. The molecule has 3 atom stereocenters. The Morgan fingerprint density at radius 1 is 1.39 bits per heavy atom. The zero-order valence-corrected chi connectivity index (χ0v) is 19.8. The lowest BCUT2D eigenvalue weighted by atomic mass is 10.0. The number of hydrogen-bond donors (Lipinski definition) is 1. The highest BCUT2D eigenvalue weighted by atomic mass is 32.2. The van der Waals surface area contributed by atoms with Crippen LogP contribution in [0, 0.1) is 17.8 Å². The van der Waals surface area contributed by atoms with Gasteiger partial charge in [-0.05, 0) is 27.1 Å². The van der Waals surface area contributed by atoms with E-state index < -0.39 is 22.2 Å². The maximum atomic E-state index is 13.3. The van der Waals surface area contributed by atoms with Crippen molar-refractivity contribution in [3.05, 3.63) is 23.4 Å². The first kappa shape index (κ1) is 25.1. The van der Waals surface area contributed by atoms with Crippen LogP contribution in [0.15, 0.2) is 12.3 Å². The first-order chi connectivity index (χ1) is 14.4. The third-order valence-corrected chi connectivity index (χ3v) is 6.43. The zero-order chi connectivity index (χ0) is 23.3. The number of hydrogen-bond acceptors (Lipinski definition) is 7. The molecule has 0 bridgehead atoms. The van der Waals surface area contributed by atoms with E-state index in [1.165, 1.54) is 17.5 Å². The zero-order valence-electron chi connectivity index (χ0n) is 19.0. The molecule has 10 heteroatoms. The molecule has 0 radical (unpaired) electrons. The maximum Gasteiger partial charge on any atom is 0.259 e. The number of amides is 1. The van der Waals surface area contributed by atoms with Gasteiger partial charge in [0.1, 0.15) is 11.7 Å². The van der Waals surface area contributed by atoms with E-state index in [9.17, 15) is 18.3 Å². The van der Waals surface area contributed by atoms with Crippen LogP contribution in [0.25, 0.3) is 0 Å². The summed E-state index contributed by atoms with van der Waals surface area (Å²) in [5.74, 6) is 5.64. The Kier molecular flexibility index (Phi) is 8.42. The summed E-state index contributed by atoms with van der Waals surface area (Å²) in [6.45, 7) is 4.43. The van der Waals surface area contributed by atoms with Crippen LogP contribution in [-0.4, -0.2) is 104 Å². The number of sulfonamides is 1. The van der Waals surface area contributed by atoms with Crippen molar-refractivity contribution in [3.63, 3.8) is 0 Å². The SMILES string of the molecule is C[C@@H]1CN([C@H](C)CO)C(=O)c2cc(C#CCN(C)C)cnc2O[C@H]1CN(C)S(C)(=O)=O. The predicted molar refractivity (Wildman–Crippen MR) is 118 cm³/mol. The van der Waals surface area contributed by atoms with Crippen molar-refractivity contribution in [2.45, 2.75) is 26.0 Å². The van der Waals surface area contributed by atoms with Gasteiger partial charge in [0.05, 0.1) is 32.0 Å². The van der Waals surface area contributed by atoms with E-state index in [-0.39, 0.29) is 36.4 Å². The summed E-state index contributed by atoms with van der Waals surface area (Å²) in [7, 11) is 1.91. The lowest BCUT2D eigenvalue weighted by Crippen LogP contribution is -2.50. The number of ether oxygens (including phenoxy) is 1. The number of aliphatic hydroxyl groups is 1. The van der Waals surface area contributed by atoms with Crippen LogP contribution in [0.2, 0.25) is 0 Å². The second-order valence-corrected chi connectivity index (χ2v) is 10.4. The topological polar surface area (TPSA) is 103 Å². The molecule has 1 amide bonds. The van der Waals surface area contributed by atoms with Crippen molar-refractivity contribution in [2.75, 3.05) is 53.6 Å². The highest BCUT2D eigenvalue weighted by molar-refractivity contribution is 7.88. The number of carbonyl (C=O) groups excluding carboxylic acids is 1. The number of likely N-dealkylation sites (N-methyl/N-ethyl adjacent to an activating group) is 1. The second-order valence-electron chi connectivity index (χ2n) is 8.28. The van der Waals surface area contributed by atoms with Gasteiger partial charge in [-0.2, -0.15) is 0 Å². The van der Waals surface area contributed by atoms with Crippen LogP contribution in [0.5, 0.6) is 5.88 Å². The average Bonchev–Trinajstić information content (AvgIpc) is 2.69. The minimum absolute atomic E-state index is 0.112. The van der Waals surface area contributed by atoms with E-state index >= 15 is 0 Å². The Hall–Kier alpha value is -2.19. The summed E-state index contributed by atoms with van der Waals surface area (Å²) in [6, 6.07) is 1.22. The molecule has 0 spiro atoms. The molecular formula is C21H32N4O5S. The van der Waals surface area contributed by atoms with E-state index in [4.69, 9.17) is 4.74 Å². The molecule has 172 valence electrons. The molecule has 31 heavy (non-hydrogen) atoms. The average molecular weight is 453 g/mol. The van der Waals surface area contributed by atoms with Crippen molar-refractivity contribution in [1.82, 2.24) is 19.1 Å². The van der Waals surface area contributed by atoms with Crippen LogP contribution in [-0.2, 0) is 10.0 Å². The molecule has 0 saturated heterocycles. The molecule has 0 aromatic carbocycles. The van der Waals surface area contributed by atoms with E-state index in [1.54, 1.807) is 17.9 Å². The molecule has 2 heterocycles. The van der Waals surface area contributed by atoms with Gasteiger partial charge in [-0.15, -0.1) is 0 Å². The van der Waals surface area contributed by atoms with E-state index in [1.807, 2.05) is 25.9 Å². The van der Waals surface area contributed by atoms with Gasteiger partial charge in [-0.3, -0.25) is 9.69 Å². The summed E-state index contributed by atoms with van der Waals surface area (Å²) in [6.07, 6.45) is 2.14. The van der Waals surface area contributed by atoms with Crippen molar-refractivity contribution in [1.29, 1.82) is 0 Å². The van der Waals surface area contributed by atoms with Gasteiger partial charge in [0.2, 0.25) is 15.9 Å². The first-order valence-corrected chi connectivity index (χ1v) is 11.9. The summed E-state index contributed by atoms with van der Waals surface area (Å²) in [4.78, 5) is 21.1. The highest BCUT2D eigenvalue weighted by Crippen LogP contribution is 2.27. The highest BCUT2D eigenvalue weighted by Gasteiger charge is 2.35. The molecule has 1 aliphatic rings. The van der Waals surface area contributed by atoms with Crippen LogP contribution < -0.4 is 4.74 Å². The molecule has 1 aromatic rings. The lowest BCUT2D eigenvalue weighted by Gasteiger charge is -2.37. The Bertz CT molecular complexity index is 954. The lowest BCUT2D eigenvalue weighted by molar-refractivity contribution is 0.0373. The quantitative estimate of drug-likeness (QED) is 0.611. The van der Waals surface area contributed by atoms with E-state index in [0.717, 1.165) is 6.26 Å². The van der Waals surface area contributed by atoms with Gasteiger partial charge in [0, 0.05) is 31.3 Å². The standard InChI is InChI=1S/C21H32N4O5S/c1-15-12-25(16(2)14-26)21(27)18-10-17(8-7-9-23(3)4)11-22-20(18)30-19(15)13-24(5)31(6,28)29/h10-11,15-16,19,26H,9,12-14H2,1-6H3/t15-,16-,19+/m1/s1. The molecule has 2 rings (SSSR count). The van der Waals surface area contributed by atoms with Crippen LogP contribution in [0.1, 0.15) is 29.8 Å². The minimum Gasteiger partial charge on any atom is -0.472 e. The third-order valence-electron chi connectivity index (χ3n) is 5.15. The van der Waals surface area contributed by atoms with E-state index in [2.05, 4.69) is 16.8 Å². The third kappa shape index (κ3) is 6.64. The number of pyridine rings is 1. The Morgan fingerprint density at radius 2 is 2.06 bits per heavy atom. The molecule has 9 nitrogen and oxygen atoms in total. The van der Waals surface area contributed by atoms with E-state index in [0.29, 0.717) is 18.7 Å². The fraction of sp³-hybridized carbons (Fsp3) is 0.619. The predicted octanol–water partition coefficient (Wildman–Crippen LogP) is 0.106. The van der Waals surface area contributed by atoms with Gasteiger partial charge in [-0.25, -0.2) is 17.7 Å². The molecule has 0 saturated carbocycles. The number of carbonyl (C=O) groups is 1. The van der Waals surface area contributed by atoms with Gasteiger partial charge in [-0.1, -0.05) is 18.8 Å². The Balaban J connectivity index is 2.48. The van der Waals surface area contributed by atoms with Gasteiger partial charge < -0.3 is 14.7 Å². The van der Waals surface area contributed by atoms with Crippen molar-refractivity contribution < 1.29 is 23.1 Å². The molecule has 0 aliphatic carbocycles. The van der Waals surface area contributed by atoms with Gasteiger partial charge in [0.25, 0.3) is 5.91 Å². The number of aromatic nitrogens is 1. The summed E-state index contributed by atoms with van der Waals surface area (Å²) >= 11 is 0. The number of aliphatic hydroxyl groups excluding tert-OH is 1. The summed E-state index contributed by atoms with van der Waals surface area (Å²) in [5.41, 5.74) is 0.823. The van der Waals surface area contributed by atoms with Crippen LogP contribution >= 0.6 is 0 Å². The molecule has 1 N–H and O–H groups in total. The molecular weight excluding hydrogens is 420 g/mol. The fourth-order valence-corrected chi connectivity index (χ4v) is 3.49. The number of fused-ring (bicyclic) bond motifs is 1. The molecule has 0 fully saturated rings. The summed E-state index contributed by atoms with van der Waals surface area (Å²) in [5, 5.41) is 9.69. The van der Waals surface area contributed by atoms with Crippen molar-refractivity contribution in [3.8, 4) is 17.7 Å². The van der Waals surface area contributed by atoms with Crippen molar-refractivity contribution in [2.24, 2.45) is 5.92 Å². The fourth-order valence-electron chi connectivity index (χ4n) is 3.08. The van der Waals surface area contributed by atoms with Crippen LogP contribution in [0.4, 0.5) is 0 Å². The first-order valence-electron chi connectivity index (χ1n) is 10.1. The molecule has 0 unspecified atom stereocenters. The Morgan fingerprint density at radius 3 is 2.65 bits per heavy atom. The second kappa shape index (κ2) is 10.4. The Labute approximate surface area is 185 Å². The number of rotatable bonds is 6. The smallest absolute Gasteiger partial charge is 0.259 e. The monoisotopic (exact) mass is 452 g/mol. The summed E-state index contributed by atoms with van der Waals surface area (Å²) < 4.78 is 31.1. The largest absolute Gasteiger partial charge is 0.472 e. The maximum absolute atomic E-state index is 13.3. The van der Waals surface area contributed by atoms with Crippen LogP contribution in [0.3, 0.4) is 0 Å². The van der Waals surface area contributed by atoms with Crippen molar-refractivity contribution >= 4 is 15.9 Å².